The molecule has 0 spiro atoms. The van der Waals surface area contributed by atoms with Gasteiger partial charge in [-0.2, -0.15) is 0 Å². The van der Waals surface area contributed by atoms with Crippen LogP contribution in [0.15, 0.2) is 0 Å². The third-order valence-corrected chi connectivity index (χ3v) is 9.08. The minimum atomic E-state index is -0.770. The average molecular weight is 349 g/mol. The Kier molecular flexibility index (Phi) is 6.51. The molecule has 0 N–H and O–H groups in total. The van der Waals surface area contributed by atoms with Crippen molar-refractivity contribution in [3.05, 3.63) is 0 Å². The molecule has 1 atom stereocenters. The number of hydrogen-bond acceptors (Lipinski definition) is 3. The molecule has 0 heterocycles. The molecule has 94 valence electrons. The second-order valence-electron chi connectivity index (χ2n) is 4.17. The topological polar surface area (TPSA) is 35.5 Å². The van der Waals surface area contributed by atoms with E-state index in [9.17, 15) is 4.79 Å². The van der Waals surface area contributed by atoms with Gasteiger partial charge in [-0.15, -0.1) is 0 Å². The van der Waals surface area contributed by atoms with E-state index in [1.165, 1.54) is 7.11 Å². The number of carbonyl (C=O) groups is 1. The summed E-state index contributed by atoms with van der Waals surface area (Å²) < 4.78 is 10.2. The van der Waals surface area contributed by atoms with Crippen LogP contribution in [0.5, 0.6) is 0 Å². The molecule has 0 amide bonds. The number of ether oxygens (including phenoxy) is 1. The first-order valence-electron chi connectivity index (χ1n) is 4.80. The van der Waals surface area contributed by atoms with Crippen molar-refractivity contribution in [2.75, 3.05) is 32.5 Å². The summed E-state index contributed by atoms with van der Waals surface area (Å²) in [7, 11) is 2.45. The Hall–Kier alpha value is 0.510. The van der Waals surface area contributed by atoms with E-state index in [2.05, 4.69) is 12.5 Å². The molecule has 0 aliphatic carbocycles. The van der Waals surface area contributed by atoms with Crippen molar-refractivity contribution in [1.29, 1.82) is 0 Å². The molecule has 15 heavy (non-hydrogen) atoms. The SMILES string of the molecule is CCC(C)(CS(C)(C)[I-]OC)C(=O)OC. The van der Waals surface area contributed by atoms with Gasteiger partial charge in [0, 0.05) is 0 Å². The molecule has 0 aromatic carbocycles. The van der Waals surface area contributed by atoms with Gasteiger partial charge < -0.3 is 0 Å². The molecule has 5 heteroatoms. The first-order valence-corrected chi connectivity index (χ1v) is 10.8. The van der Waals surface area contributed by atoms with Gasteiger partial charge in [0.25, 0.3) is 0 Å². The zero-order chi connectivity index (χ0) is 12.1. The Morgan fingerprint density at radius 2 is 1.93 bits per heavy atom. The zero-order valence-corrected chi connectivity index (χ0v) is 13.4. The molecule has 0 saturated heterocycles. The van der Waals surface area contributed by atoms with Crippen LogP contribution in [0.2, 0.25) is 0 Å². The Morgan fingerprint density at radius 3 is 2.27 bits per heavy atom. The van der Waals surface area contributed by atoms with Crippen molar-refractivity contribution in [2.45, 2.75) is 20.3 Å². The summed E-state index contributed by atoms with van der Waals surface area (Å²) in [5.74, 6) is 0.815. The van der Waals surface area contributed by atoms with Crippen LogP contribution < -0.4 is 20.2 Å². The van der Waals surface area contributed by atoms with Gasteiger partial charge in [-0.25, -0.2) is 0 Å². The van der Waals surface area contributed by atoms with Crippen LogP contribution in [0.1, 0.15) is 20.3 Å². The molecule has 1 unspecified atom stereocenters. The summed E-state index contributed by atoms with van der Waals surface area (Å²) >= 11 is -0.246. The maximum atomic E-state index is 11.7. The Balaban J connectivity index is 4.63. The van der Waals surface area contributed by atoms with E-state index in [1.54, 1.807) is 7.11 Å². The molecule has 0 aromatic rings. The van der Waals surface area contributed by atoms with Crippen molar-refractivity contribution in [2.24, 2.45) is 5.41 Å². The number of rotatable bonds is 6. The summed E-state index contributed by atoms with van der Waals surface area (Å²) in [6, 6.07) is 0. The fourth-order valence-corrected chi connectivity index (χ4v) is 9.09. The van der Waals surface area contributed by atoms with Gasteiger partial charge in [-0.3, -0.25) is 0 Å². The quantitative estimate of drug-likeness (QED) is 0.466. The predicted octanol–water partition coefficient (Wildman–Crippen LogP) is -0.795. The monoisotopic (exact) mass is 349 g/mol. The van der Waals surface area contributed by atoms with Gasteiger partial charge in [0.15, 0.2) is 0 Å². The predicted molar refractivity (Wildman–Crippen MR) is 61.7 cm³/mol. The van der Waals surface area contributed by atoms with Gasteiger partial charge >= 0.3 is 104 Å². The molecule has 0 radical (unpaired) electrons. The van der Waals surface area contributed by atoms with Crippen LogP contribution in [0.25, 0.3) is 0 Å². The van der Waals surface area contributed by atoms with Gasteiger partial charge in [0.2, 0.25) is 0 Å². The van der Waals surface area contributed by atoms with E-state index in [1.807, 2.05) is 13.8 Å². The van der Waals surface area contributed by atoms with E-state index < -0.39 is 7.20 Å². The van der Waals surface area contributed by atoms with Gasteiger partial charge in [-0.05, 0) is 0 Å². The van der Waals surface area contributed by atoms with E-state index in [0.717, 1.165) is 12.2 Å². The fourth-order valence-electron chi connectivity index (χ4n) is 1.50. The normalized spacial score (nSPS) is 17.2. The minimum absolute atomic E-state index is 0.0920. The molecular formula is C10H22IO3S-. The first kappa shape index (κ1) is 15.5. The summed E-state index contributed by atoms with van der Waals surface area (Å²) in [5, 5.41) is 0. The van der Waals surface area contributed by atoms with Crippen molar-refractivity contribution in [3.8, 4) is 0 Å². The van der Waals surface area contributed by atoms with Crippen molar-refractivity contribution >= 4 is 13.2 Å². The number of hydrogen-bond donors (Lipinski definition) is 0. The van der Waals surface area contributed by atoms with Crippen LogP contribution in [0, 0.1) is 5.41 Å². The van der Waals surface area contributed by atoms with Crippen LogP contribution in [-0.2, 0) is 12.6 Å². The fraction of sp³-hybridized carbons (Fsp3) is 0.900. The Bertz CT molecular complexity index is 221. The molecule has 0 aromatic heterocycles. The average Bonchev–Trinajstić information content (AvgIpc) is 2.15. The van der Waals surface area contributed by atoms with E-state index in [-0.39, 0.29) is 31.6 Å². The molecular weight excluding hydrogens is 327 g/mol. The van der Waals surface area contributed by atoms with Crippen LogP contribution in [0.4, 0.5) is 0 Å². The van der Waals surface area contributed by atoms with Gasteiger partial charge in [0.1, 0.15) is 0 Å². The van der Waals surface area contributed by atoms with Crippen LogP contribution in [0.3, 0.4) is 0 Å². The summed E-state index contributed by atoms with van der Waals surface area (Å²) in [6.45, 7) is 4.03. The van der Waals surface area contributed by atoms with E-state index >= 15 is 0 Å². The van der Waals surface area contributed by atoms with Gasteiger partial charge in [-0.1, -0.05) is 0 Å². The van der Waals surface area contributed by atoms with E-state index in [0.29, 0.717) is 0 Å². The summed E-state index contributed by atoms with van der Waals surface area (Å²) in [4.78, 5) is 11.7. The number of esters is 1. The maximum absolute atomic E-state index is 11.7. The van der Waals surface area contributed by atoms with Crippen molar-refractivity contribution in [3.63, 3.8) is 0 Å². The zero-order valence-electron chi connectivity index (χ0n) is 10.4. The molecule has 0 aliphatic rings. The third kappa shape index (κ3) is 4.91. The molecule has 0 fully saturated rings. The standard InChI is InChI=1S/C10H22IO3S/c1-7-10(2,9(12)13-3)8-15(5,6)11-14-4/h7-8H2,1-6H3/q-1. The van der Waals surface area contributed by atoms with E-state index in [4.69, 9.17) is 7.80 Å². The number of halogens is 1. The second-order valence-corrected chi connectivity index (χ2v) is 16.5. The second kappa shape index (κ2) is 6.30. The van der Waals surface area contributed by atoms with Crippen molar-refractivity contribution in [1.82, 2.24) is 0 Å². The summed E-state index contributed by atoms with van der Waals surface area (Å²) in [6.07, 6.45) is 5.30. The molecule has 0 saturated carbocycles. The summed E-state index contributed by atoms with van der Waals surface area (Å²) in [5.41, 5.74) is -0.341. The molecule has 0 aliphatic heterocycles. The van der Waals surface area contributed by atoms with Crippen molar-refractivity contribution < 1.29 is 32.8 Å². The molecule has 0 rings (SSSR count). The third-order valence-electron chi connectivity index (χ3n) is 2.35. The Morgan fingerprint density at radius 1 is 1.40 bits per heavy atom. The van der Waals surface area contributed by atoms with Crippen LogP contribution >= 0.6 is 7.20 Å². The van der Waals surface area contributed by atoms with Gasteiger partial charge in [0.05, 0.1) is 0 Å². The van der Waals surface area contributed by atoms with Crippen LogP contribution in [-0.4, -0.2) is 38.5 Å². The molecule has 0 bridgehead atoms. The number of carbonyl (C=O) groups excluding carboxylic acids is 1. The number of methoxy groups -OCH3 is 1. The molecule has 3 nitrogen and oxygen atoms in total. The Labute approximate surface area is 104 Å². The first-order chi connectivity index (χ1) is 6.81.